The molecular weight excluding hydrogens is 426 g/mol. The maximum atomic E-state index is 13.0. The van der Waals surface area contributed by atoms with E-state index in [1.165, 1.54) is 0 Å². The van der Waals surface area contributed by atoms with Crippen LogP contribution in [0.15, 0.2) is 34.1 Å². The van der Waals surface area contributed by atoms with E-state index in [0.717, 1.165) is 24.3 Å². The van der Waals surface area contributed by atoms with E-state index < -0.39 is 52.8 Å². The van der Waals surface area contributed by atoms with Crippen LogP contribution in [0.3, 0.4) is 0 Å². The smallest absolute Gasteiger partial charge is 0.296 e. The van der Waals surface area contributed by atoms with E-state index in [1.807, 2.05) is 0 Å². The highest BCUT2D eigenvalue weighted by atomic mass is 32.2. The Labute approximate surface area is 165 Å². The van der Waals surface area contributed by atoms with Crippen LogP contribution in [0, 0.1) is 0 Å². The first-order chi connectivity index (χ1) is 13.4. The van der Waals surface area contributed by atoms with E-state index in [4.69, 9.17) is 11.5 Å². The van der Waals surface area contributed by atoms with Crippen LogP contribution in [0.25, 0.3) is 0 Å². The van der Waals surface area contributed by atoms with Crippen molar-refractivity contribution in [2.24, 2.45) is 5.73 Å². The molecular formula is C16H15N3O8S2. The summed E-state index contributed by atoms with van der Waals surface area (Å²) >= 11 is 0. The van der Waals surface area contributed by atoms with Gasteiger partial charge in [-0.3, -0.25) is 18.7 Å². The zero-order valence-electron chi connectivity index (χ0n) is 14.5. The fourth-order valence-electron chi connectivity index (χ4n) is 3.04. The number of benzene rings is 2. The molecule has 154 valence electrons. The molecule has 0 atom stereocenters. The molecule has 0 amide bonds. The Morgan fingerprint density at radius 2 is 1.52 bits per heavy atom. The van der Waals surface area contributed by atoms with Crippen molar-refractivity contribution in [3.63, 3.8) is 0 Å². The molecule has 0 spiro atoms. The number of nitrogen functional groups attached to an aromatic ring is 1. The Bertz CT molecular complexity index is 1280. The number of hydrogen-bond donors (Lipinski definition) is 5. The van der Waals surface area contributed by atoms with Gasteiger partial charge in [0, 0.05) is 29.9 Å². The van der Waals surface area contributed by atoms with Gasteiger partial charge in [-0.2, -0.15) is 16.8 Å². The Hall–Kier alpha value is -2.84. The van der Waals surface area contributed by atoms with Gasteiger partial charge in [0.25, 0.3) is 20.2 Å². The van der Waals surface area contributed by atoms with Gasteiger partial charge in [0.15, 0.2) is 11.6 Å². The molecule has 0 heterocycles. The lowest BCUT2D eigenvalue weighted by Gasteiger charge is -2.23. The fourth-order valence-corrected chi connectivity index (χ4v) is 4.20. The Morgan fingerprint density at radius 3 is 2.07 bits per heavy atom. The van der Waals surface area contributed by atoms with Gasteiger partial charge in [0.05, 0.1) is 21.7 Å². The van der Waals surface area contributed by atoms with E-state index >= 15 is 0 Å². The molecule has 2 aromatic rings. The zero-order valence-corrected chi connectivity index (χ0v) is 16.2. The molecule has 0 bridgehead atoms. The number of ketones is 2. The van der Waals surface area contributed by atoms with Crippen LogP contribution in [0.1, 0.15) is 31.8 Å². The van der Waals surface area contributed by atoms with Crippen LogP contribution in [0.4, 0.5) is 11.4 Å². The second-order valence-electron chi connectivity index (χ2n) is 6.12. The van der Waals surface area contributed by atoms with Crippen LogP contribution in [-0.2, 0) is 20.2 Å². The molecule has 1 aliphatic rings. The fraction of sp³-hybridized carbons (Fsp3) is 0.125. The standard InChI is InChI=1S/C16H15N3O8S2/c17-3-4-19-10-6-11(29(25,26)27)14(18)13-12(10)15(20)8-2-1-7(28(22,23)24)5-9(8)16(13)21/h1-2,5-6,19H,3-4,17-18H2,(H,22,23,24)(H,25,26,27). The highest BCUT2D eigenvalue weighted by Crippen LogP contribution is 2.39. The average Bonchev–Trinajstić information content (AvgIpc) is 2.62. The summed E-state index contributed by atoms with van der Waals surface area (Å²) < 4.78 is 64.8. The van der Waals surface area contributed by atoms with Crippen LogP contribution in [0.2, 0.25) is 0 Å². The lowest BCUT2D eigenvalue weighted by Crippen LogP contribution is -2.26. The molecule has 0 saturated heterocycles. The Kier molecular flexibility index (Phi) is 4.96. The Balaban J connectivity index is 2.38. The van der Waals surface area contributed by atoms with E-state index in [2.05, 4.69) is 5.32 Å². The van der Waals surface area contributed by atoms with Crippen molar-refractivity contribution in [2.45, 2.75) is 9.79 Å². The van der Waals surface area contributed by atoms with Crippen molar-refractivity contribution in [3.8, 4) is 0 Å². The van der Waals surface area contributed by atoms with E-state index in [0.29, 0.717) is 0 Å². The number of nitrogens with two attached hydrogens (primary N) is 2. The molecule has 3 rings (SSSR count). The second-order valence-corrected chi connectivity index (χ2v) is 8.93. The van der Waals surface area contributed by atoms with Crippen LogP contribution in [0.5, 0.6) is 0 Å². The minimum absolute atomic E-state index is 0.0878. The lowest BCUT2D eigenvalue weighted by molar-refractivity contribution is 0.0980. The SMILES string of the molecule is NCCNc1cc(S(=O)(=O)O)c(N)c2c1C(=O)c1ccc(S(=O)(=O)O)cc1C2=O. The van der Waals surface area contributed by atoms with E-state index in [1.54, 1.807) is 0 Å². The normalized spacial score (nSPS) is 13.8. The molecule has 29 heavy (non-hydrogen) atoms. The summed E-state index contributed by atoms with van der Waals surface area (Å²) in [6, 6.07) is 3.72. The summed E-state index contributed by atoms with van der Waals surface area (Å²) in [5.41, 5.74) is 9.16. The topological polar surface area (TPSA) is 207 Å². The van der Waals surface area contributed by atoms with E-state index in [-0.39, 0.29) is 35.5 Å². The molecule has 0 radical (unpaired) electrons. The number of carbonyl (C=O) groups is 2. The molecule has 1 aliphatic carbocycles. The van der Waals surface area contributed by atoms with Gasteiger partial charge in [-0.15, -0.1) is 0 Å². The molecule has 0 aromatic heterocycles. The first kappa shape index (κ1) is 20.9. The zero-order chi connectivity index (χ0) is 21.7. The summed E-state index contributed by atoms with van der Waals surface area (Å²) in [5, 5.41) is 2.71. The number of nitrogens with one attached hydrogen (secondary N) is 1. The number of hydrogen-bond acceptors (Lipinski definition) is 9. The van der Waals surface area contributed by atoms with Gasteiger partial charge >= 0.3 is 0 Å². The first-order valence-corrected chi connectivity index (χ1v) is 10.8. The van der Waals surface area contributed by atoms with Gasteiger partial charge in [-0.25, -0.2) is 0 Å². The summed E-state index contributed by atoms with van der Waals surface area (Å²) in [6.07, 6.45) is 0. The molecule has 7 N–H and O–H groups in total. The van der Waals surface area contributed by atoms with Crippen molar-refractivity contribution in [3.05, 3.63) is 46.5 Å². The predicted octanol–water partition coefficient (Wildman–Crippen LogP) is -0.0918. The third-order valence-electron chi connectivity index (χ3n) is 4.30. The molecule has 0 saturated carbocycles. The van der Waals surface area contributed by atoms with Crippen LogP contribution in [-0.4, -0.2) is 50.6 Å². The molecule has 0 aliphatic heterocycles. The van der Waals surface area contributed by atoms with Gasteiger partial charge < -0.3 is 16.8 Å². The van der Waals surface area contributed by atoms with Crippen molar-refractivity contribution in [1.29, 1.82) is 0 Å². The van der Waals surface area contributed by atoms with E-state index in [9.17, 15) is 35.5 Å². The van der Waals surface area contributed by atoms with Gasteiger partial charge in [0.2, 0.25) is 0 Å². The third kappa shape index (κ3) is 3.49. The van der Waals surface area contributed by atoms with Crippen LogP contribution >= 0.6 is 0 Å². The molecule has 0 fully saturated rings. The van der Waals surface area contributed by atoms with Gasteiger partial charge in [-0.1, -0.05) is 0 Å². The molecule has 2 aromatic carbocycles. The highest BCUT2D eigenvalue weighted by molar-refractivity contribution is 7.86. The first-order valence-electron chi connectivity index (χ1n) is 7.96. The molecule has 13 heteroatoms. The van der Waals surface area contributed by atoms with Gasteiger partial charge in [-0.05, 0) is 24.3 Å². The lowest BCUT2D eigenvalue weighted by atomic mass is 9.82. The second kappa shape index (κ2) is 6.89. The van der Waals surface area contributed by atoms with Crippen molar-refractivity contribution in [2.75, 3.05) is 24.1 Å². The minimum atomic E-state index is -4.86. The van der Waals surface area contributed by atoms with Crippen LogP contribution < -0.4 is 16.8 Å². The maximum absolute atomic E-state index is 13.0. The highest BCUT2D eigenvalue weighted by Gasteiger charge is 2.37. The maximum Gasteiger partial charge on any atom is 0.296 e. The number of carbonyl (C=O) groups excluding carboxylic acids is 2. The van der Waals surface area contributed by atoms with Crippen molar-refractivity contribution < 1.29 is 35.5 Å². The summed E-state index contributed by atoms with van der Waals surface area (Å²) in [6.45, 7) is 0.216. The summed E-state index contributed by atoms with van der Waals surface area (Å²) in [4.78, 5) is 24.6. The predicted molar refractivity (Wildman–Crippen MR) is 101 cm³/mol. The monoisotopic (exact) mass is 441 g/mol. The minimum Gasteiger partial charge on any atom is -0.397 e. The van der Waals surface area contributed by atoms with Gasteiger partial charge in [0.1, 0.15) is 4.90 Å². The summed E-state index contributed by atoms with van der Waals surface area (Å²) in [7, 11) is -9.53. The Morgan fingerprint density at radius 1 is 0.897 bits per heavy atom. The quantitative estimate of drug-likeness (QED) is 0.261. The average molecular weight is 441 g/mol. The third-order valence-corrected chi connectivity index (χ3v) is 6.04. The van der Waals surface area contributed by atoms with Crippen molar-refractivity contribution >= 4 is 43.2 Å². The molecule has 0 unspecified atom stereocenters. The number of rotatable bonds is 5. The number of fused-ring (bicyclic) bond motifs is 2. The van der Waals surface area contributed by atoms with Crippen molar-refractivity contribution in [1.82, 2.24) is 0 Å². The largest absolute Gasteiger partial charge is 0.397 e. The molecule has 11 nitrogen and oxygen atoms in total. The summed E-state index contributed by atoms with van der Waals surface area (Å²) in [5.74, 6) is -1.68. The number of anilines is 2.